The molecule has 5 rings (SSSR count). The van der Waals surface area contributed by atoms with Crippen molar-refractivity contribution in [1.82, 2.24) is 10.6 Å². The van der Waals surface area contributed by atoms with Crippen molar-refractivity contribution in [2.45, 2.75) is 81.9 Å². The third-order valence-corrected chi connectivity index (χ3v) is 10.6. The number of Topliss-reactive ketones (excluding diaryl/α,β-unsaturated/α-hetero) is 1. The van der Waals surface area contributed by atoms with Crippen molar-refractivity contribution in [3.8, 4) is 0 Å². The van der Waals surface area contributed by atoms with Gasteiger partial charge in [0, 0.05) is 37.3 Å². The molecule has 0 bridgehead atoms. The molecule has 1 aromatic rings. The maximum Gasteiger partial charge on any atom is 0.456 e. The van der Waals surface area contributed by atoms with E-state index >= 15 is 8.78 Å². The van der Waals surface area contributed by atoms with Crippen LogP contribution in [0.1, 0.15) is 75.3 Å². The van der Waals surface area contributed by atoms with Gasteiger partial charge in [-0.05, 0) is 67.4 Å². The lowest BCUT2D eigenvalue weighted by Crippen LogP contribution is -2.65. The molecular weight excluding hydrogens is 567 g/mol. The number of aliphatic hydroxyl groups is 1. The minimum absolute atomic E-state index is 0.0330. The minimum Gasteiger partial charge on any atom is -0.383 e. The Kier molecular flexibility index (Phi) is 8.39. The van der Waals surface area contributed by atoms with Crippen LogP contribution in [-0.2, 0) is 4.79 Å². The first-order chi connectivity index (χ1) is 20.2. The number of carbonyl (C=O) groups is 2. The van der Waals surface area contributed by atoms with Crippen LogP contribution >= 0.6 is 0 Å². The highest BCUT2D eigenvalue weighted by molar-refractivity contribution is 5.81. The second-order valence-corrected chi connectivity index (χ2v) is 12.8. The van der Waals surface area contributed by atoms with Crippen molar-refractivity contribution in [3.05, 3.63) is 65.3 Å². The first-order valence-electron chi connectivity index (χ1n) is 15.0. The molecule has 4 aliphatic carbocycles. The van der Waals surface area contributed by atoms with Crippen molar-refractivity contribution in [1.29, 1.82) is 0 Å². The number of fused-ring (bicyclic) bond motifs is 4. The average molecular weight is 607 g/mol. The lowest BCUT2D eigenvalue weighted by molar-refractivity contribution is -0.362. The normalized spacial score (nSPS) is 32.7. The van der Waals surface area contributed by atoms with Gasteiger partial charge in [-0.1, -0.05) is 60.6 Å². The molecule has 0 aromatic heterocycles. The molecule has 0 aliphatic heterocycles. The minimum atomic E-state index is -5.87. The van der Waals surface area contributed by atoms with Crippen molar-refractivity contribution in [2.24, 2.45) is 23.2 Å². The van der Waals surface area contributed by atoms with Crippen LogP contribution in [0.5, 0.6) is 0 Å². The summed E-state index contributed by atoms with van der Waals surface area (Å²) in [7, 11) is 0. The van der Waals surface area contributed by atoms with E-state index in [1.807, 2.05) is 30.3 Å². The Morgan fingerprint density at radius 3 is 2.44 bits per heavy atom. The maximum atomic E-state index is 15.1. The number of halogens is 5. The number of urea groups is 1. The van der Waals surface area contributed by atoms with Crippen LogP contribution in [0.3, 0.4) is 0 Å². The third kappa shape index (κ3) is 5.34. The van der Waals surface area contributed by atoms with Crippen LogP contribution in [0, 0.1) is 23.2 Å². The van der Waals surface area contributed by atoms with Crippen molar-refractivity contribution in [3.63, 3.8) is 0 Å². The summed E-state index contributed by atoms with van der Waals surface area (Å²) in [6.07, 6.45) is 1.50. The number of ketones is 1. The molecule has 5 nitrogen and oxygen atoms in total. The summed E-state index contributed by atoms with van der Waals surface area (Å²) in [5.74, 6) is -6.15. The van der Waals surface area contributed by atoms with Gasteiger partial charge in [-0.15, -0.1) is 6.58 Å². The Morgan fingerprint density at radius 2 is 1.77 bits per heavy atom. The average Bonchev–Trinajstić information content (AvgIpc) is 3.24. The van der Waals surface area contributed by atoms with Gasteiger partial charge >= 0.3 is 18.1 Å². The number of rotatable bonds is 7. The fraction of sp³-hybridized carbons (Fsp3) is 0.576. The summed E-state index contributed by atoms with van der Waals surface area (Å²) in [4.78, 5) is 24.0. The number of alkyl halides is 5. The number of carbonyl (C=O) groups excluding carboxylic acids is 2. The van der Waals surface area contributed by atoms with E-state index < -0.39 is 41.4 Å². The van der Waals surface area contributed by atoms with Crippen LogP contribution in [0.2, 0.25) is 0 Å². The molecule has 0 spiro atoms. The van der Waals surface area contributed by atoms with E-state index in [4.69, 9.17) is 0 Å². The molecule has 43 heavy (non-hydrogen) atoms. The Hall–Kier alpha value is -3.01. The van der Waals surface area contributed by atoms with Crippen LogP contribution in [0.4, 0.5) is 26.7 Å². The number of hydrogen-bond donors (Lipinski definition) is 3. The van der Waals surface area contributed by atoms with Crippen molar-refractivity contribution >= 4 is 17.9 Å². The van der Waals surface area contributed by atoms with Gasteiger partial charge in [0.15, 0.2) is 0 Å². The van der Waals surface area contributed by atoms with Gasteiger partial charge in [0.25, 0.3) is 0 Å². The molecule has 234 valence electrons. The highest BCUT2D eigenvalue weighted by Gasteiger charge is 2.79. The summed E-state index contributed by atoms with van der Waals surface area (Å²) >= 11 is 0. The summed E-state index contributed by atoms with van der Waals surface area (Å²) in [6.45, 7) is 5.61. The zero-order chi connectivity index (χ0) is 31.2. The van der Waals surface area contributed by atoms with E-state index in [-0.39, 0.29) is 43.0 Å². The number of amides is 2. The first-order valence-corrected chi connectivity index (χ1v) is 15.0. The second kappa shape index (κ2) is 11.5. The standard InChI is InChI=1S/C33H39F5N2O3/c1-3-16-39-29(42)40-17-4-5-20-6-8-21(9-7-20)26-19-30(2)27(14-15-31(30,43)32(34,35)33(36,37)38)25-12-10-22-18-23(41)11-13-24(22)28(25)26/h3-9,22,25-27,43H,1,10-19H2,2H3,(H2,39,40,42)/b5-4+/t22?,25-,26+,27-,30-,31-/m0/s1. The summed E-state index contributed by atoms with van der Waals surface area (Å²) in [6, 6.07) is 7.13. The second-order valence-electron chi connectivity index (χ2n) is 12.8. The first kappa shape index (κ1) is 31.4. The Bertz CT molecular complexity index is 1320. The quantitative estimate of drug-likeness (QED) is 0.229. The topological polar surface area (TPSA) is 78.4 Å². The largest absolute Gasteiger partial charge is 0.456 e. The van der Waals surface area contributed by atoms with Gasteiger partial charge < -0.3 is 15.7 Å². The number of allylic oxidation sites excluding steroid dienone is 2. The van der Waals surface area contributed by atoms with Gasteiger partial charge in [-0.25, -0.2) is 4.79 Å². The molecule has 6 atom stereocenters. The summed E-state index contributed by atoms with van der Waals surface area (Å²) < 4.78 is 71.6. The highest BCUT2D eigenvalue weighted by Crippen LogP contribution is 2.70. The van der Waals surface area contributed by atoms with Gasteiger partial charge in [0.1, 0.15) is 11.4 Å². The zero-order valence-corrected chi connectivity index (χ0v) is 24.3. The van der Waals surface area contributed by atoms with Crippen LogP contribution in [0.15, 0.2) is 54.1 Å². The molecule has 10 heteroatoms. The number of nitrogens with one attached hydrogen (secondary N) is 2. The zero-order valence-electron chi connectivity index (χ0n) is 24.3. The molecule has 0 radical (unpaired) electrons. The number of hydrogen-bond acceptors (Lipinski definition) is 3. The van der Waals surface area contributed by atoms with E-state index in [0.29, 0.717) is 38.6 Å². The van der Waals surface area contributed by atoms with E-state index in [1.54, 1.807) is 12.2 Å². The van der Waals surface area contributed by atoms with E-state index in [0.717, 1.165) is 16.7 Å². The van der Waals surface area contributed by atoms with E-state index in [1.165, 1.54) is 12.5 Å². The fourth-order valence-electron chi connectivity index (χ4n) is 8.54. The summed E-state index contributed by atoms with van der Waals surface area (Å²) in [5.41, 5.74) is -0.983. The lowest BCUT2D eigenvalue weighted by Gasteiger charge is -2.56. The highest BCUT2D eigenvalue weighted by atomic mass is 19.4. The maximum absolute atomic E-state index is 15.1. The van der Waals surface area contributed by atoms with Crippen molar-refractivity contribution < 1.29 is 36.6 Å². The molecule has 3 saturated carbocycles. The molecule has 0 heterocycles. The van der Waals surface area contributed by atoms with Crippen molar-refractivity contribution in [2.75, 3.05) is 13.1 Å². The molecular formula is C33H39F5N2O3. The third-order valence-electron chi connectivity index (χ3n) is 10.6. The predicted molar refractivity (Wildman–Crippen MR) is 153 cm³/mol. The Labute approximate surface area is 248 Å². The van der Waals surface area contributed by atoms with E-state index in [2.05, 4.69) is 17.2 Å². The van der Waals surface area contributed by atoms with E-state index in [9.17, 15) is 27.9 Å². The van der Waals surface area contributed by atoms with Gasteiger partial charge in [-0.2, -0.15) is 22.0 Å². The fourth-order valence-corrected chi connectivity index (χ4v) is 8.54. The summed E-state index contributed by atoms with van der Waals surface area (Å²) in [5, 5.41) is 16.7. The Balaban J connectivity index is 1.48. The molecule has 4 aliphatic rings. The van der Waals surface area contributed by atoms with Gasteiger partial charge in [0.2, 0.25) is 0 Å². The molecule has 2 amide bonds. The molecule has 1 unspecified atom stereocenters. The molecule has 1 aromatic carbocycles. The molecule has 0 saturated heterocycles. The smallest absolute Gasteiger partial charge is 0.383 e. The molecule has 3 N–H and O–H groups in total. The predicted octanol–water partition coefficient (Wildman–Crippen LogP) is 7.09. The lowest BCUT2D eigenvalue weighted by atomic mass is 9.49. The monoisotopic (exact) mass is 606 g/mol. The van der Waals surface area contributed by atoms with Crippen LogP contribution in [0.25, 0.3) is 6.08 Å². The number of benzene rings is 1. The van der Waals surface area contributed by atoms with Gasteiger partial charge in [0.05, 0.1) is 0 Å². The Morgan fingerprint density at radius 1 is 1.07 bits per heavy atom. The molecule has 3 fully saturated rings. The van der Waals surface area contributed by atoms with Crippen LogP contribution in [-0.4, -0.2) is 47.7 Å². The van der Waals surface area contributed by atoms with Crippen LogP contribution < -0.4 is 10.6 Å². The van der Waals surface area contributed by atoms with Gasteiger partial charge in [-0.3, -0.25) is 4.79 Å². The SMILES string of the molecule is C=CCNC(=O)NC/C=C/c1ccc([C@H]2C[C@@]3(C)[C@@H](CC[C@@]3(O)C(F)(F)C(F)(F)F)[C@@H]3CCC4CC(=O)CCC4=C32)cc1.